The van der Waals surface area contributed by atoms with Gasteiger partial charge in [0.1, 0.15) is 21.5 Å². The molecule has 1 aromatic heterocycles. The number of aryl methyl sites for hydroxylation is 1. The maximum Gasteiger partial charge on any atom is 0.347 e. The van der Waals surface area contributed by atoms with Gasteiger partial charge in [-0.2, -0.15) is 0 Å². The second kappa shape index (κ2) is 5.44. The van der Waals surface area contributed by atoms with Crippen LogP contribution in [0.4, 0.5) is 8.78 Å². The maximum absolute atomic E-state index is 13.1. The van der Waals surface area contributed by atoms with Crippen LogP contribution in [0.5, 0.6) is 0 Å². The summed E-state index contributed by atoms with van der Waals surface area (Å²) in [6.07, 6.45) is 1.27. The van der Waals surface area contributed by atoms with E-state index in [4.69, 9.17) is 5.11 Å². The molecule has 0 bridgehead atoms. The Morgan fingerprint density at radius 3 is 2.47 bits per heavy atom. The van der Waals surface area contributed by atoms with Crippen molar-refractivity contribution in [1.29, 1.82) is 0 Å². The topological polar surface area (TPSA) is 50.2 Å². The van der Waals surface area contributed by atoms with E-state index in [2.05, 4.69) is 4.98 Å². The SMILES string of the molecule is CCCc1nc(-c2cc(F)cc(F)c2)sc1C(=O)O. The van der Waals surface area contributed by atoms with E-state index in [9.17, 15) is 13.6 Å². The second-order valence-corrected chi connectivity index (χ2v) is 5.01. The monoisotopic (exact) mass is 283 g/mol. The fourth-order valence-corrected chi connectivity index (χ4v) is 2.66. The number of aromatic carboxylic acids is 1. The van der Waals surface area contributed by atoms with E-state index in [0.29, 0.717) is 17.1 Å². The molecule has 0 unspecified atom stereocenters. The van der Waals surface area contributed by atoms with Crippen LogP contribution in [0.3, 0.4) is 0 Å². The molecular formula is C13H11F2NO2S. The first kappa shape index (κ1) is 13.6. The molecule has 2 aromatic rings. The zero-order valence-corrected chi connectivity index (χ0v) is 10.9. The Morgan fingerprint density at radius 2 is 1.95 bits per heavy atom. The lowest BCUT2D eigenvalue weighted by Gasteiger charge is -1.97. The summed E-state index contributed by atoms with van der Waals surface area (Å²) in [4.78, 5) is 15.4. The summed E-state index contributed by atoms with van der Waals surface area (Å²) in [6, 6.07) is 3.05. The van der Waals surface area contributed by atoms with Crippen LogP contribution in [0.25, 0.3) is 10.6 Å². The Balaban J connectivity index is 2.50. The van der Waals surface area contributed by atoms with Crippen molar-refractivity contribution < 1.29 is 18.7 Å². The van der Waals surface area contributed by atoms with Crippen molar-refractivity contribution in [2.45, 2.75) is 19.8 Å². The van der Waals surface area contributed by atoms with Crippen LogP contribution in [0.15, 0.2) is 18.2 Å². The van der Waals surface area contributed by atoms with Crippen LogP contribution in [-0.4, -0.2) is 16.1 Å². The quantitative estimate of drug-likeness (QED) is 0.930. The Kier molecular flexibility index (Phi) is 3.90. The maximum atomic E-state index is 13.1. The van der Waals surface area contributed by atoms with Crippen LogP contribution in [-0.2, 0) is 6.42 Å². The van der Waals surface area contributed by atoms with E-state index < -0.39 is 17.6 Å². The fourth-order valence-electron chi connectivity index (χ4n) is 1.73. The van der Waals surface area contributed by atoms with Crippen molar-refractivity contribution in [3.8, 4) is 10.6 Å². The molecule has 0 aliphatic heterocycles. The van der Waals surface area contributed by atoms with E-state index in [1.165, 1.54) is 0 Å². The van der Waals surface area contributed by atoms with Gasteiger partial charge in [-0.05, 0) is 18.6 Å². The lowest BCUT2D eigenvalue weighted by Crippen LogP contribution is -1.98. The molecule has 0 amide bonds. The molecule has 0 saturated heterocycles. The van der Waals surface area contributed by atoms with E-state index >= 15 is 0 Å². The molecular weight excluding hydrogens is 272 g/mol. The Bertz CT molecular complexity index is 605. The first-order valence-electron chi connectivity index (χ1n) is 5.70. The minimum Gasteiger partial charge on any atom is -0.477 e. The van der Waals surface area contributed by atoms with E-state index in [1.807, 2.05) is 6.92 Å². The predicted octanol–water partition coefficient (Wildman–Crippen LogP) is 3.74. The van der Waals surface area contributed by atoms with Crippen molar-refractivity contribution in [1.82, 2.24) is 4.98 Å². The fraction of sp³-hybridized carbons (Fsp3) is 0.231. The highest BCUT2D eigenvalue weighted by molar-refractivity contribution is 7.17. The van der Waals surface area contributed by atoms with Crippen LogP contribution >= 0.6 is 11.3 Å². The third-order valence-corrected chi connectivity index (χ3v) is 3.62. The molecule has 0 saturated carbocycles. The average molecular weight is 283 g/mol. The van der Waals surface area contributed by atoms with Gasteiger partial charge in [-0.15, -0.1) is 11.3 Å². The number of rotatable bonds is 4. The first-order valence-corrected chi connectivity index (χ1v) is 6.52. The molecule has 0 aliphatic carbocycles. The number of carboxylic acid groups (broad SMARTS) is 1. The highest BCUT2D eigenvalue weighted by Gasteiger charge is 2.18. The van der Waals surface area contributed by atoms with Gasteiger partial charge < -0.3 is 5.11 Å². The molecule has 3 nitrogen and oxygen atoms in total. The average Bonchev–Trinajstić information content (AvgIpc) is 2.72. The van der Waals surface area contributed by atoms with Crippen molar-refractivity contribution in [3.05, 3.63) is 40.4 Å². The normalized spacial score (nSPS) is 10.7. The van der Waals surface area contributed by atoms with Crippen LogP contribution < -0.4 is 0 Å². The Morgan fingerprint density at radius 1 is 1.32 bits per heavy atom. The summed E-state index contributed by atoms with van der Waals surface area (Å²) in [5.41, 5.74) is 0.715. The summed E-state index contributed by atoms with van der Waals surface area (Å²) >= 11 is 0.934. The third kappa shape index (κ3) is 2.96. The molecule has 0 fully saturated rings. The number of hydrogen-bond acceptors (Lipinski definition) is 3. The molecule has 0 spiro atoms. The lowest BCUT2D eigenvalue weighted by molar-refractivity contribution is 0.0700. The smallest absolute Gasteiger partial charge is 0.347 e. The summed E-state index contributed by atoms with van der Waals surface area (Å²) in [7, 11) is 0. The highest BCUT2D eigenvalue weighted by atomic mass is 32.1. The number of benzene rings is 1. The largest absolute Gasteiger partial charge is 0.477 e. The molecule has 19 heavy (non-hydrogen) atoms. The number of halogens is 2. The van der Waals surface area contributed by atoms with Crippen molar-refractivity contribution >= 4 is 17.3 Å². The van der Waals surface area contributed by atoms with Crippen molar-refractivity contribution in [3.63, 3.8) is 0 Å². The van der Waals surface area contributed by atoms with Gasteiger partial charge in [-0.3, -0.25) is 0 Å². The van der Waals surface area contributed by atoms with Gasteiger partial charge in [-0.1, -0.05) is 13.3 Å². The van der Waals surface area contributed by atoms with Gasteiger partial charge in [-0.25, -0.2) is 18.6 Å². The van der Waals surface area contributed by atoms with Crippen molar-refractivity contribution in [2.24, 2.45) is 0 Å². The van der Waals surface area contributed by atoms with Crippen LogP contribution in [0.1, 0.15) is 28.7 Å². The summed E-state index contributed by atoms with van der Waals surface area (Å²) in [5.74, 6) is -2.48. The predicted molar refractivity (Wildman–Crippen MR) is 68.4 cm³/mol. The molecule has 1 heterocycles. The number of carboxylic acids is 1. The molecule has 0 aliphatic rings. The molecule has 0 atom stereocenters. The highest BCUT2D eigenvalue weighted by Crippen LogP contribution is 2.29. The van der Waals surface area contributed by atoms with E-state index in [-0.39, 0.29) is 10.4 Å². The zero-order chi connectivity index (χ0) is 14.0. The van der Waals surface area contributed by atoms with Crippen LogP contribution in [0, 0.1) is 11.6 Å². The molecule has 1 aromatic carbocycles. The minimum absolute atomic E-state index is 0.126. The molecule has 6 heteroatoms. The number of hydrogen-bond donors (Lipinski definition) is 1. The van der Waals surface area contributed by atoms with Crippen LogP contribution in [0.2, 0.25) is 0 Å². The Hall–Kier alpha value is -1.82. The molecule has 100 valence electrons. The number of nitrogens with zero attached hydrogens (tertiary/aromatic N) is 1. The van der Waals surface area contributed by atoms with Crippen molar-refractivity contribution in [2.75, 3.05) is 0 Å². The van der Waals surface area contributed by atoms with Gasteiger partial charge in [0.2, 0.25) is 0 Å². The van der Waals surface area contributed by atoms with E-state index in [0.717, 1.165) is 36.0 Å². The molecule has 2 rings (SSSR count). The second-order valence-electron chi connectivity index (χ2n) is 4.01. The van der Waals surface area contributed by atoms with Gasteiger partial charge in [0, 0.05) is 11.6 Å². The van der Waals surface area contributed by atoms with Gasteiger partial charge >= 0.3 is 5.97 Å². The standard InChI is InChI=1S/C13H11F2NO2S/c1-2-3-10-11(13(17)18)19-12(16-10)7-4-8(14)6-9(15)5-7/h4-6H,2-3H2,1H3,(H,17,18). The lowest BCUT2D eigenvalue weighted by atomic mass is 10.2. The summed E-state index contributed by atoms with van der Waals surface area (Å²) in [5, 5.41) is 9.40. The van der Waals surface area contributed by atoms with E-state index in [1.54, 1.807) is 0 Å². The number of aromatic nitrogens is 1. The Labute approximate surface area is 112 Å². The molecule has 1 N–H and O–H groups in total. The minimum atomic E-state index is -1.07. The third-order valence-electron chi connectivity index (χ3n) is 2.49. The molecule has 0 radical (unpaired) electrons. The number of carbonyl (C=O) groups is 1. The first-order chi connectivity index (χ1) is 9.01. The summed E-state index contributed by atoms with van der Waals surface area (Å²) in [6.45, 7) is 1.91. The van der Waals surface area contributed by atoms with Gasteiger partial charge in [0.25, 0.3) is 0 Å². The van der Waals surface area contributed by atoms with Gasteiger partial charge in [0.15, 0.2) is 0 Å². The number of thiazole rings is 1. The summed E-state index contributed by atoms with van der Waals surface area (Å²) < 4.78 is 26.3. The zero-order valence-electron chi connectivity index (χ0n) is 10.1. The van der Waals surface area contributed by atoms with Gasteiger partial charge in [0.05, 0.1) is 5.69 Å².